The summed E-state index contributed by atoms with van der Waals surface area (Å²) in [5, 5.41) is 10.2. The van der Waals surface area contributed by atoms with E-state index in [9.17, 15) is 4.79 Å². The molecule has 0 aliphatic carbocycles. The van der Waals surface area contributed by atoms with Gasteiger partial charge in [-0.3, -0.25) is 9.48 Å². The van der Waals surface area contributed by atoms with Crippen molar-refractivity contribution in [2.75, 3.05) is 5.32 Å². The zero-order valence-corrected chi connectivity index (χ0v) is 9.93. The molecule has 78 valence electrons. The maximum atomic E-state index is 11.8. The Morgan fingerprint density at radius 2 is 2.47 bits per heavy atom. The maximum absolute atomic E-state index is 11.8. The Morgan fingerprint density at radius 3 is 3.00 bits per heavy atom. The highest BCUT2D eigenvalue weighted by Gasteiger charge is 2.15. The fourth-order valence-electron chi connectivity index (χ4n) is 1.12. The lowest BCUT2D eigenvalue weighted by atomic mass is 10.4. The molecule has 0 aromatic carbocycles. The minimum atomic E-state index is -0.256. The fraction of sp³-hybridized carbons (Fsp3) is 0.125. The van der Waals surface area contributed by atoms with Gasteiger partial charge in [0.15, 0.2) is 5.82 Å². The van der Waals surface area contributed by atoms with Crippen LogP contribution in [0, 0.1) is 3.57 Å². The summed E-state index contributed by atoms with van der Waals surface area (Å²) in [5.41, 5.74) is 0.499. The molecule has 1 amide bonds. The molecule has 0 radical (unpaired) electrons. The first kappa shape index (κ1) is 10.1. The number of hydrogen-bond acceptors (Lipinski definition) is 4. The minimum absolute atomic E-state index is 0.256. The predicted octanol–water partition coefficient (Wildman–Crippen LogP) is 1.26. The first-order valence-corrected chi connectivity index (χ1v) is 5.15. The van der Waals surface area contributed by atoms with Gasteiger partial charge < -0.3 is 9.84 Å². The van der Waals surface area contributed by atoms with Gasteiger partial charge in [-0.25, -0.2) is 0 Å². The van der Waals surface area contributed by atoms with Gasteiger partial charge in [0.2, 0.25) is 0 Å². The van der Waals surface area contributed by atoms with Crippen molar-refractivity contribution in [3.05, 3.63) is 27.8 Å². The van der Waals surface area contributed by atoms with E-state index in [1.54, 1.807) is 19.3 Å². The van der Waals surface area contributed by atoms with Crippen molar-refractivity contribution >= 4 is 34.3 Å². The molecular weight excluding hydrogens is 311 g/mol. The quantitative estimate of drug-likeness (QED) is 0.846. The standard InChI is InChI=1S/C8H7IN4O2/c1-13-7(5(9)4-10-13)8(14)11-6-2-3-15-12-6/h2-4H,1H3,(H,11,12,14). The SMILES string of the molecule is Cn1ncc(I)c1C(=O)Nc1ccon1. The van der Waals surface area contributed by atoms with E-state index in [0.717, 1.165) is 3.57 Å². The van der Waals surface area contributed by atoms with Crippen LogP contribution in [0.3, 0.4) is 0 Å². The molecule has 2 heterocycles. The van der Waals surface area contributed by atoms with Crippen LogP contribution in [0.4, 0.5) is 5.82 Å². The summed E-state index contributed by atoms with van der Waals surface area (Å²) in [4.78, 5) is 11.8. The van der Waals surface area contributed by atoms with Crippen LogP contribution in [0.2, 0.25) is 0 Å². The van der Waals surface area contributed by atoms with Gasteiger partial charge in [-0.1, -0.05) is 5.16 Å². The van der Waals surface area contributed by atoms with E-state index >= 15 is 0 Å². The molecule has 0 unspecified atom stereocenters. The Kier molecular flexibility index (Phi) is 2.71. The molecule has 2 aromatic heterocycles. The van der Waals surface area contributed by atoms with Crippen molar-refractivity contribution in [3.8, 4) is 0 Å². The van der Waals surface area contributed by atoms with Crippen LogP contribution in [0.15, 0.2) is 23.0 Å². The molecule has 1 N–H and O–H groups in total. The lowest BCUT2D eigenvalue weighted by Crippen LogP contribution is -2.17. The summed E-state index contributed by atoms with van der Waals surface area (Å²) in [5.74, 6) is 0.130. The average molecular weight is 318 g/mol. The van der Waals surface area contributed by atoms with Gasteiger partial charge in [0.05, 0.1) is 9.77 Å². The van der Waals surface area contributed by atoms with E-state index in [2.05, 4.69) is 20.1 Å². The number of rotatable bonds is 2. The van der Waals surface area contributed by atoms with Crippen LogP contribution in [0.25, 0.3) is 0 Å². The van der Waals surface area contributed by atoms with Gasteiger partial charge in [0.1, 0.15) is 12.0 Å². The van der Waals surface area contributed by atoms with Gasteiger partial charge in [-0.05, 0) is 22.6 Å². The van der Waals surface area contributed by atoms with E-state index in [-0.39, 0.29) is 5.91 Å². The van der Waals surface area contributed by atoms with Crippen molar-refractivity contribution in [1.82, 2.24) is 14.9 Å². The molecule has 0 bridgehead atoms. The third-order valence-corrected chi connectivity index (χ3v) is 2.58. The molecule has 0 saturated carbocycles. The minimum Gasteiger partial charge on any atom is -0.363 e. The zero-order chi connectivity index (χ0) is 10.8. The molecule has 2 aromatic rings. The number of aromatic nitrogens is 3. The number of nitrogens with one attached hydrogen (secondary N) is 1. The van der Waals surface area contributed by atoms with Crippen LogP contribution in [-0.4, -0.2) is 20.8 Å². The Morgan fingerprint density at radius 1 is 1.67 bits per heavy atom. The van der Waals surface area contributed by atoms with Crippen LogP contribution in [-0.2, 0) is 7.05 Å². The number of nitrogens with zero attached hydrogens (tertiary/aromatic N) is 3. The summed E-state index contributed by atoms with van der Waals surface area (Å²) >= 11 is 2.05. The van der Waals surface area contributed by atoms with E-state index in [1.807, 2.05) is 22.6 Å². The summed E-state index contributed by atoms with van der Waals surface area (Å²) in [7, 11) is 1.71. The fourth-order valence-corrected chi connectivity index (χ4v) is 1.84. The number of anilines is 1. The molecule has 0 aliphatic rings. The Labute approximate surface area is 98.8 Å². The van der Waals surface area contributed by atoms with Crippen LogP contribution >= 0.6 is 22.6 Å². The monoisotopic (exact) mass is 318 g/mol. The summed E-state index contributed by atoms with van der Waals surface area (Å²) < 4.78 is 6.90. The smallest absolute Gasteiger partial charge is 0.276 e. The lowest BCUT2D eigenvalue weighted by molar-refractivity contribution is 0.101. The summed E-state index contributed by atoms with van der Waals surface area (Å²) in [6.07, 6.45) is 3.02. The number of aryl methyl sites for hydroxylation is 1. The Bertz CT molecular complexity index is 457. The zero-order valence-electron chi connectivity index (χ0n) is 7.77. The highest BCUT2D eigenvalue weighted by Crippen LogP contribution is 2.12. The van der Waals surface area contributed by atoms with E-state index in [4.69, 9.17) is 0 Å². The second-order valence-corrected chi connectivity index (χ2v) is 3.97. The van der Waals surface area contributed by atoms with Gasteiger partial charge in [0, 0.05) is 13.1 Å². The number of hydrogen-bond donors (Lipinski definition) is 1. The molecule has 0 spiro atoms. The topological polar surface area (TPSA) is 73.0 Å². The van der Waals surface area contributed by atoms with E-state index in [0.29, 0.717) is 11.5 Å². The summed E-state index contributed by atoms with van der Waals surface area (Å²) in [6, 6.07) is 1.57. The highest BCUT2D eigenvalue weighted by atomic mass is 127. The van der Waals surface area contributed by atoms with Gasteiger partial charge in [-0.15, -0.1) is 0 Å². The molecule has 0 saturated heterocycles. The molecule has 7 heteroatoms. The normalized spacial score (nSPS) is 10.3. The van der Waals surface area contributed by atoms with Crippen molar-refractivity contribution in [3.63, 3.8) is 0 Å². The Hall–Kier alpha value is -1.38. The number of carbonyl (C=O) groups is 1. The molecule has 0 atom stereocenters. The van der Waals surface area contributed by atoms with Crippen molar-refractivity contribution in [1.29, 1.82) is 0 Å². The molecule has 0 fully saturated rings. The summed E-state index contributed by atoms with van der Waals surface area (Å²) in [6.45, 7) is 0. The van der Waals surface area contributed by atoms with Crippen molar-refractivity contribution < 1.29 is 9.32 Å². The van der Waals surface area contributed by atoms with Crippen LogP contribution < -0.4 is 5.32 Å². The van der Waals surface area contributed by atoms with Crippen molar-refractivity contribution in [2.24, 2.45) is 7.05 Å². The van der Waals surface area contributed by atoms with Crippen molar-refractivity contribution in [2.45, 2.75) is 0 Å². The average Bonchev–Trinajstić information content (AvgIpc) is 2.77. The Balaban J connectivity index is 2.22. The van der Waals surface area contributed by atoms with E-state index < -0.39 is 0 Å². The highest BCUT2D eigenvalue weighted by molar-refractivity contribution is 14.1. The van der Waals surface area contributed by atoms with E-state index in [1.165, 1.54) is 10.9 Å². The number of amides is 1. The largest absolute Gasteiger partial charge is 0.363 e. The van der Waals surface area contributed by atoms with Gasteiger partial charge in [0.25, 0.3) is 5.91 Å². The van der Waals surface area contributed by atoms with Crippen LogP contribution in [0.5, 0.6) is 0 Å². The first-order valence-electron chi connectivity index (χ1n) is 4.07. The van der Waals surface area contributed by atoms with Gasteiger partial charge >= 0.3 is 0 Å². The second-order valence-electron chi connectivity index (χ2n) is 2.80. The predicted molar refractivity (Wildman–Crippen MR) is 60.4 cm³/mol. The number of halogens is 1. The third kappa shape index (κ3) is 2.01. The maximum Gasteiger partial charge on any atom is 0.276 e. The molecule has 0 aliphatic heterocycles. The van der Waals surface area contributed by atoms with Gasteiger partial charge in [-0.2, -0.15) is 5.10 Å². The number of carbonyl (C=O) groups excluding carboxylic acids is 1. The van der Waals surface area contributed by atoms with Crippen LogP contribution in [0.1, 0.15) is 10.5 Å². The molecule has 15 heavy (non-hydrogen) atoms. The third-order valence-electron chi connectivity index (χ3n) is 1.79. The second kappa shape index (κ2) is 4.01. The molecular formula is C8H7IN4O2. The molecule has 2 rings (SSSR count). The molecule has 6 nitrogen and oxygen atoms in total. The first-order chi connectivity index (χ1) is 7.18. The lowest BCUT2D eigenvalue weighted by Gasteiger charge is -2.01.